The van der Waals surface area contributed by atoms with Gasteiger partial charge in [-0.25, -0.2) is 4.79 Å². The number of pyridine rings is 1. The third kappa shape index (κ3) is 1.52. The van der Waals surface area contributed by atoms with E-state index in [1.54, 1.807) is 0 Å². The minimum Gasteiger partial charge on any atom is -0.461 e. The second kappa shape index (κ2) is 4.16. The summed E-state index contributed by atoms with van der Waals surface area (Å²) in [4.78, 5) is 15.9. The van der Waals surface area contributed by atoms with Crippen molar-refractivity contribution in [2.75, 3.05) is 6.61 Å². The largest absolute Gasteiger partial charge is 0.461 e. The highest BCUT2D eigenvalue weighted by Crippen LogP contribution is 2.66. The molecular weight excluding hydrogens is 254 g/mol. The maximum Gasteiger partial charge on any atom is 0.359 e. The van der Waals surface area contributed by atoms with Crippen LogP contribution in [0.15, 0.2) is 24.5 Å². The van der Waals surface area contributed by atoms with Crippen LogP contribution in [0.25, 0.3) is 0 Å². The average Bonchev–Trinajstić information content (AvgIpc) is 2.82. The summed E-state index contributed by atoms with van der Waals surface area (Å²) in [6, 6.07) is 4.15. The van der Waals surface area contributed by atoms with Gasteiger partial charge in [0.2, 0.25) is 0 Å². The first kappa shape index (κ1) is 11.6. The summed E-state index contributed by atoms with van der Waals surface area (Å²) in [7, 11) is 0. The first-order valence-corrected chi connectivity index (χ1v) is 6.95. The van der Waals surface area contributed by atoms with Crippen LogP contribution in [0.3, 0.4) is 0 Å². The van der Waals surface area contributed by atoms with Gasteiger partial charge in [-0.15, -0.1) is 0 Å². The molecule has 5 heteroatoms. The van der Waals surface area contributed by atoms with Crippen LogP contribution in [-0.2, 0) is 11.2 Å². The quantitative estimate of drug-likeness (QED) is 0.866. The fourth-order valence-electron chi connectivity index (χ4n) is 3.53. The van der Waals surface area contributed by atoms with Crippen LogP contribution in [-0.4, -0.2) is 27.8 Å². The van der Waals surface area contributed by atoms with E-state index in [0.717, 1.165) is 17.7 Å². The van der Waals surface area contributed by atoms with Crippen molar-refractivity contribution >= 4 is 5.97 Å². The van der Waals surface area contributed by atoms with Crippen molar-refractivity contribution in [3.8, 4) is 0 Å². The average molecular weight is 269 g/mol. The molecule has 2 aromatic heterocycles. The number of carbonyl (C=O) groups is 1. The van der Waals surface area contributed by atoms with Gasteiger partial charge in [0.1, 0.15) is 0 Å². The molecule has 0 saturated heterocycles. The van der Waals surface area contributed by atoms with Crippen LogP contribution in [0.2, 0.25) is 0 Å². The molecule has 5 nitrogen and oxygen atoms in total. The zero-order valence-corrected chi connectivity index (χ0v) is 11.2. The lowest BCUT2D eigenvalue weighted by Crippen LogP contribution is -2.08. The molecule has 1 saturated carbocycles. The number of fused-ring (bicyclic) bond motifs is 3. The highest BCUT2D eigenvalue weighted by molar-refractivity contribution is 5.89. The van der Waals surface area contributed by atoms with E-state index in [0.29, 0.717) is 30.1 Å². The number of nitrogens with zero attached hydrogens (tertiary/aromatic N) is 2. The van der Waals surface area contributed by atoms with E-state index in [1.807, 2.05) is 19.3 Å². The topological polar surface area (TPSA) is 67.9 Å². The molecule has 0 radical (unpaired) electrons. The van der Waals surface area contributed by atoms with E-state index < -0.39 is 0 Å². The number of nitrogens with one attached hydrogen (secondary N) is 1. The maximum absolute atomic E-state index is 11.8. The molecule has 3 atom stereocenters. The number of rotatable bonds is 3. The molecule has 20 heavy (non-hydrogen) atoms. The van der Waals surface area contributed by atoms with Crippen molar-refractivity contribution in [3.63, 3.8) is 0 Å². The highest BCUT2D eigenvalue weighted by Gasteiger charge is 2.58. The van der Waals surface area contributed by atoms with Gasteiger partial charge in [-0.05, 0) is 42.9 Å². The van der Waals surface area contributed by atoms with Crippen LogP contribution >= 0.6 is 0 Å². The number of hydrogen-bond donors (Lipinski definition) is 1. The SMILES string of the molecule is CCOC(=O)c1n[nH]c2c1C[C@@H]1C(c3ccncc3)[C@H]21. The molecule has 4 rings (SSSR count). The Hall–Kier alpha value is -2.17. The Bertz CT molecular complexity index is 665. The number of H-pyrrole nitrogens is 1. The number of aromatic nitrogens is 3. The molecule has 0 amide bonds. The second-order valence-corrected chi connectivity index (χ2v) is 5.39. The summed E-state index contributed by atoms with van der Waals surface area (Å²) in [5.41, 5.74) is 3.99. The Kier molecular flexibility index (Phi) is 2.42. The Balaban J connectivity index is 1.61. The number of carbonyl (C=O) groups excluding carboxylic acids is 1. The van der Waals surface area contributed by atoms with Gasteiger partial charge in [0, 0.05) is 29.6 Å². The fraction of sp³-hybridized carbons (Fsp3) is 0.400. The number of hydrogen-bond acceptors (Lipinski definition) is 4. The van der Waals surface area contributed by atoms with Gasteiger partial charge in [-0.1, -0.05) is 0 Å². The molecule has 0 bridgehead atoms. The van der Waals surface area contributed by atoms with Crippen molar-refractivity contribution in [1.82, 2.24) is 15.2 Å². The first-order chi connectivity index (χ1) is 9.81. The molecule has 1 unspecified atom stereocenters. The van der Waals surface area contributed by atoms with Gasteiger partial charge >= 0.3 is 5.97 Å². The zero-order chi connectivity index (χ0) is 13.7. The predicted molar refractivity (Wildman–Crippen MR) is 71.5 cm³/mol. The van der Waals surface area contributed by atoms with E-state index in [9.17, 15) is 4.79 Å². The van der Waals surface area contributed by atoms with Gasteiger partial charge in [0.25, 0.3) is 0 Å². The van der Waals surface area contributed by atoms with E-state index in [2.05, 4.69) is 27.3 Å². The van der Waals surface area contributed by atoms with E-state index in [4.69, 9.17) is 4.74 Å². The van der Waals surface area contributed by atoms with Crippen LogP contribution in [0, 0.1) is 5.92 Å². The first-order valence-electron chi connectivity index (χ1n) is 6.95. The van der Waals surface area contributed by atoms with Gasteiger partial charge in [0.15, 0.2) is 5.69 Å². The van der Waals surface area contributed by atoms with Gasteiger partial charge in [-0.3, -0.25) is 10.1 Å². The lowest BCUT2D eigenvalue weighted by Gasteiger charge is -2.04. The maximum atomic E-state index is 11.8. The summed E-state index contributed by atoms with van der Waals surface area (Å²) in [5, 5.41) is 7.20. The number of esters is 1. The highest BCUT2D eigenvalue weighted by atomic mass is 16.5. The van der Waals surface area contributed by atoms with Gasteiger partial charge in [-0.2, -0.15) is 5.10 Å². The second-order valence-electron chi connectivity index (χ2n) is 5.39. The van der Waals surface area contributed by atoms with Crippen molar-refractivity contribution < 1.29 is 9.53 Å². The molecule has 1 N–H and O–H groups in total. The van der Waals surface area contributed by atoms with Crippen LogP contribution in [0.5, 0.6) is 0 Å². The molecule has 2 aromatic rings. The van der Waals surface area contributed by atoms with Crippen LogP contribution < -0.4 is 0 Å². The van der Waals surface area contributed by atoms with E-state index in [-0.39, 0.29) is 5.97 Å². The lowest BCUT2D eigenvalue weighted by atomic mass is 10.0. The number of aromatic amines is 1. The molecule has 0 aromatic carbocycles. The van der Waals surface area contributed by atoms with E-state index >= 15 is 0 Å². The molecule has 2 aliphatic carbocycles. The van der Waals surface area contributed by atoms with E-state index in [1.165, 1.54) is 5.56 Å². The molecule has 0 aliphatic heterocycles. The van der Waals surface area contributed by atoms with Crippen molar-refractivity contribution in [1.29, 1.82) is 0 Å². The van der Waals surface area contributed by atoms with Gasteiger partial charge < -0.3 is 4.74 Å². The van der Waals surface area contributed by atoms with Crippen LogP contribution in [0.4, 0.5) is 0 Å². The smallest absolute Gasteiger partial charge is 0.359 e. The van der Waals surface area contributed by atoms with Crippen molar-refractivity contribution in [2.45, 2.75) is 25.2 Å². The molecular formula is C15H15N3O2. The molecule has 1 fully saturated rings. The zero-order valence-electron chi connectivity index (χ0n) is 11.2. The molecule has 102 valence electrons. The molecule has 0 spiro atoms. The lowest BCUT2D eigenvalue weighted by molar-refractivity contribution is 0.0518. The molecule has 2 heterocycles. The summed E-state index contributed by atoms with van der Waals surface area (Å²) in [6.07, 6.45) is 4.58. The van der Waals surface area contributed by atoms with Crippen LogP contribution in [0.1, 0.15) is 46.1 Å². The Morgan fingerprint density at radius 2 is 2.20 bits per heavy atom. The monoisotopic (exact) mass is 269 g/mol. The minimum atomic E-state index is -0.313. The Morgan fingerprint density at radius 3 is 2.95 bits per heavy atom. The Labute approximate surface area is 116 Å². The van der Waals surface area contributed by atoms with Crippen molar-refractivity contribution in [2.24, 2.45) is 5.92 Å². The van der Waals surface area contributed by atoms with Crippen molar-refractivity contribution in [3.05, 3.63) is 47.0 Å². The molecule has 2 aliphatic rings. The normalized spacial score (nSPS) is 25.9. The summed E-state index contributed by atoms with van der Waals surface area (Å²) < 4.78 is 5.04. The van der Waals surface area contributed by atoms with Gasteiger partial charge in [0.05, 0.1) is 6.61 Å². The third-order valence-corrected chi connectivity index (χ3v) is 4.40. The third-order valence-electron chi connectivity index (χ3n) is 4.40. The summed E-state index contributed by atoms with van der Waals surface area (Å²) >= 11 is 0. The fourth-order valence-corrected chi connectivity index (χ4v) is 3.53. The summed E-state index contributed by atoms with van der Waals surface area (Å²) in [6.45, 7) is 2.19. The summed E-state index contributed by atoms with van der Waals surface area (Å²) in [5.74, 6) is 1.30. The number of ether oxygens (including phenoxy) is 1. The Morgan fingerprint density at radius 1 is 1.40 bits per heavy atom. The predicted octanol–water partition coefficient (Wildman–Crippen LogP) is 2.03. The minimum absolute atomic E-state index is 0.313. The standard InChI is InChI=1S/C15H15N3O2/c1-2-20-15(19)14-10-7-9-11(8-3-5-16-6-4-8)12(9)13(10)17-18-14/h3-6,9,11-12H,2,7H2,1H3,(H,17,18)/t9-,11?,12-/m1/s1.